The molecule has 1 amide bonds. The molecule has 29 heavy (non-hydrogen) atoms. The molecule has 1 heterocycles. The average Bonchev–Trinajstić information content (AvgIpc) is 3.16. The van der Waals surface area contributed by atoms with Gasteiger partial charge in [-0.2, -0.15) is 0 Å². The Morgan fingerprint density at radius 1 is 1.17 bits per heavy atom. The van der Waals surface area contributed by atoms with E-state index < -0.39 is 4.92 Å². The lowest BCUT2D eigenvalue weighted by molar-refractivity contribution is -0.383. The molecule has 0 saturated carbocycles. The van der Waals surface area contributed by atoms with Crippen molar-refractivity contribution in [3.05, 3.63) is 58.6 Å². The molecule has 0 saturated heterocycles. The first-order valence-electron chi connectivity index (χ1n) is 8.55. The number of benzene rings is 2. The van der Waals surface area contributed by atoms with Crippen molar-refractivity contribution in [1.82, 2.24) is 10.2 Å². The standard InChI is InChI=1S/C18H17N5O4S2/c1-2-27-15-10-6-4-8-13(15)20-17-21-22-18(29-17)28-11-16(24)19-12-7-3-5-9-14(12)23(25)26/h3-10H,2,11H2,1H3,(H,19,24)(H,20,21). The van der Waals surface area contributed by atoms with Crippen molar-refractivity contribution >= 4 is 51.2 Å². The fourth-order valence-corrected chi connectivity index (χ4v) is 3.90. The van der Waals surface area contributed by atoms with Crippen molar-refractivity contribution in [2.75, 3.05) is 23.0 Å². The number of thioether (sulfide) groups is 1. The van der Waals surface area contributed by atoms with E-state index in [1.54, 1.807) is 12.1 Å². The highest BCUT2D eigenvalue weighted by Gasteiger charge is 2.16. The number of anilines is 3. The van der Waals surface area contributed by atoms with Gasteiger partial charge >= 0.3 is 0 Å². The van der Waals surface area contributed by atoms with E-state index >= 15 is 0 Å². The Kier molecular flexibility index (Phi) is 6.98. The van der Waals surface area contributed by atoms with Crippen LogP contribution in [-0.4, -0.2) is 33.4 Å². The Labute approximate surface area is 174 Å². The monoisotopic (exact) mass is 431 g/mol. The highest BCUT2D eigenvalue weighted by molar-refractivity contribution is 8.01. The summed E-state index contributed by atoms with van der Waals surface area (Å²) in [4.78, 5) is 22.6. The van der Waals surface area contributed by atoms with Gasteiger partial charge in [0, 0.05) is 6.07 Å². The third-order valence-electron chi connectivity index (χ3n) is 3.54. The van der Waals surface area contributed by atoms with Crippen LogP contribution in [0.4, 0.5) is 22.2 Å². The topological polar surface area (TPSA) is 119 Å². The molecular formula is C18H17N5O4S2. The second-order valence-electron chi connectivity index (χ2n) is 5.54. The molecule has 11 heteroatoms. The fourth-order valence-electron chi connectivity index (χ4n) is 2.34. The minimum absolute atomic E-state index is 0.0518. The summed E-state index contributed by atoms with van der Waals surface area (Å²) in [6.45, 7) is 2.45. The summed E-state index contributed by atoms with van der Waals surface area (Å²) < 4.78 is 6.16. The first-order valence-corrected chi connectivity index (χ1v) is 10.4. The van der Waals surface area contributed by atoms with Crippen LogP contribution in [-0.2, 0) is 4.79 Å². The summed E-state index contributed by atoms with van der Waals surface area (Å²) in [5.41, 5.74) is 0.785. The molecule has 0 aliphatic heterocycles. The Hall–Kier alpha value is -3.18. The van der Waals surface area contributed by atoms with Gasteiger partial charge in [0.25, 0.3) is 5.69 Å². The number of carbonyl (C=O) groups is 1. The van der Waals surface area contributed by atoms with Gasteiger partial charge < -0.3 is 15.4 Å². The third-order valence-corrected chi connectivity index (χ3v) is 5.51. The summed E-state index contributed by atoms with van der Waals surface area (Å²) in [5.74, 6) is 0.398. The van der Waals surface area contributed by atoms with Crippen molar-refractivity contribution in [2.45, 2.75) is 11.3 Å². The number of rotatable bonds is 9. The zero-order valence-corrected chi connectivity index (χ0v) is 17.0. The molecule has 9 nitrogen and oxygen atoms in total. The predicted molar refractivity (Wildman–Crippen MR) is 113 cm³/mol. The molecule has 3 rings (SSSR count). The lowest BCUT2D eigenvalue weighted by Gasteiger charge is -2.09. The maximum atomic E-state index is 12.1. The van der Waals surface area contributed by atoms with Crippen LogP contribution < -0.4 is 15.4 Å². The lowest BCUT2D eigenvalue weighted by Crippen LogP contribution is -2.15. The van der Waals surface area contributed by atoms with Gasteiger partial charge in [0.1, 0.15) is 11.4 Å². The normalized spacial score (nSPS) is 10.4. The molecule has 0 aliphatic rings. The number of nitro benzene ring substituents is 1. The van der Waals surface area contributed by atoms with Crippen molar-refractivity contribution in [2.24, 2.45) is 0 Å². The highest BCUT2D eigenvalue weighted by atomic mass is 32.2. The highest BCUT2D eigenvalue weighted by Crippen LogP contribution is 2.32. The van der Waals surface area contributed by atoms with Gasteiger partial charge in [0.2, 0.25) is 11.0 Å². The first kappa shape index (κ1) is 20.6. The second-order valence-corrected chi connectivity index (χ2v) is 7.74. The van der Waals surface area contributed by atoms with E-state index in [1.165, 1.54) is 35.2 Å². The Morgan fingerprint density at radius 3 is 2.66 bits per heavy atom. The number of aromatic nitrogens is 2. The van der Waals surface area contributed by atoms with Crippen molar-refractivity contribution in [1.29, 1.82) is 0 Å². The van der Waals surface area contributed by atoms with Crippen LogP contribution in [0.3, 0.4) is 0 Å². The minimum Gasteiger partial charge on any atom is -0.492 e. The molecule has 2 aromatic carbocycles. The summed E-state index contributed by atoms with van der Waals surface area (Å²) >= 11 is 2.50. The van der Waals surface area contributed by atoms with Gasteiger partial charge in [0.15, 0.2) is 4.34 Å². The van der Waals surface area contributed by atoms with Gasteiger partial charge in [-0.15, -0.1) is 10.2 Å². The molecular weight excluding hydrogens is 414 g/mol. The van der Waals surface area contributed by atoms with Crippen LogP contribution in [0.25, 0.3) is 0 Å². The zero-order chi connectivity index (χ0) is 20.6. The van der Waals surface area contributed by atoms with Crippen LogP contribution in [0.5, 0.6) is 5.75 Å². The molecule has 0 fully saturated rings. The number of ether oxygens (including phenoxy) is 1. The van der Waals surface area contributed by atoms with Gasteiger partial charge in [0.05, 0.1) is 23.0 Å². The predicted octanol–water partition coefficient (Wildman–Crippen LogP) is 4.32. The maximum absolute atomic E-state index is 12.1. The Bertz CT molecular complexity index is 1010. The number of nitrogens with one attached hydrogen (secondary N) is 2. The number of nitro groups is 1. The molecule has 0 radical (unpaired) electrons. The molecule has 1 aromatic heterocycles. The molecule has 0 aliphatic carbocycles. The quantitative estimate of drug-likeness (QED) is 0.292. The third kappa shape index (κ3) is 5.65. The molecule has 150 valence electrons. The van der Waals surface area contributed by atoms with Crippen LogP contribution in [0, 0.1) is 10.1 Å². The van der Waals surface area contributed by atoms with Crippen LogP contribution in [0.2, 0.25) is 0 Å². The molecule has 2 N–H and O–H groups in total. The molecule has 0 spiro atoms. The van der Waals surface area contributed by atoms with Gasteiger partial charge in [-0.1, -0.05) is 47.4 Å². The van der Waals surface area contributed by atoms with Crippen LogP contribution in [0.1, 0.15) is 6.92 Å². The summed E-state index contributed by atoms with van der Waals surface area (Å²) in [6.07, 6.45) is 0. The van der Waals surface area contributed by atoms with Crippen LogP contribution in [0.15, 0.2) is 52.9 Å². The minimum atomic E-state index is -0.536. The van der Waals surface area contributed by atoms with E-state index in [1.807, 2.05) is 31.2 Å². The number of nitrogens with zero attached hydrogens (tertiary/aromatic N) is 3. The fraction of sp³-hybridized carbons (Fsp3) is 0.167. The van der Waals surface area contributed by atoms with Gasteiger partial charge in [-0.05, 0) is 25.1 Å². The SMILES string of the molecule is CCOc1ccccc1Nc1nnc(SCC(=O)Nc2ccccc2[N+](=O)[O-])s1. The van der Waals surface area contributed by atoms with E-state index in [-0.39, 0.29) is 23.0 Å². The number of hydrogen-bond acceptors (Lipinski definition) is 9. The maximum Gasteiger partial charge on any atom is 0.292 e. The lowest BCUT2D eigenvalue weighted by atomic mass is 10.2. The summed E-state index contributed by atoms with van der Waals surface area (Å²) in [6, 6.07) is 13.5. The number of para-hydroxylation sites is 4. The van der Waals surface area contributed by atoms with Crippen molar-refractivity contribution in [3.8, 4) is 5.75 Å². The van der Waals surface area contributed by atoms with E-state index in [0.717, 1.165) is 5.69 Å². The second kappa shape index (κ2) is 9.85. The molecule has 0 unspecified atom stereocenters. The molecule has 3 aromatic rings. The summed E-state index contributed by atoms with van der Waals surface area (Å²) in [7, 11) is 0. The van der Waals surface area contributed by atoms with E-state index in [4.69, 9.17) is 4.74 Å². The Balaban J connectivity index is 1.57. The van der Waals surface area contributed by atoms with Crippen LogP contribution >= 0.6 is 23.1 Å². The van der Waals surface area contributed by atoms with E-state index in [9.17, 15) is 14.9 Å². The zero-order valence-electron chi connectivity index (χ0n) is 15.3. The number of carbonyl (C=O) groups excluding carboxylic acids is 1. The molecule has 0 atom stereocenters. The molecule has 0 bridgehead atoms. The van der Waals surface area contributed by atoms with E-state index in [2.05, 4.69) is 20.8 Å². The first-order chi connectivity index (χ1) is 14.1. The average molecular weight is 431 g/mol. The smallest absolute Gasteiger partial charge is 0.292 e. The van der Waals surface area contributed by atoms with Crippen molar-refractivity contribution in [3.63, 3.8) is 0 Å². The number of amides is 1. The Morgan fingerprint density at radius 2 is 1.90 bits per heavy atom. The van der Waals surface area contributed by atoms with Gasteiger partial charge in [-0.25, -0.2) is 0 Å². The van der Waals surface area contributed by atoms with Gasteiger partial charge in [-0.3, -0.25) is 14.9 Å². The summed E-state index contributed by atoms with van der Waals surface area (Å²) in [5, 5.41) is 25.4. The largest absolute Gasteiger partial charge is 0.492 e. The van der Waals surface area contributed by atoms with E-state index in [0.29, 0.717) is 21.8 Å². The number of hydrogen-bond donors (Lipinski definition) is 2. The van der Waals surface area contributed by atoms with Crippen molar-refractivity contribution < 1.29 is 14.5 Å².